The third-order valence-corrected chi connectivity index (χ3v) is 3.17. The number of halogens is 2. The van der Waals surface area contributed by atoms with Gasteiger partial charge in [-0.1, -0.05) is 24.4 Å². The van der Waals surface area contributed by atoms with E-state index in [1.807, 2.05) is 0 Å². The van der Waals surface area contributed by atoms with Crippen LogP contribution < -0.4 is 5.73 Å². The fraction of sp³-hybridized carbons (Fsp3) is 0.556. The minimum Gasteiger partial charge on any atom is -0.382 e. The van der Waals surface area contributed by atoms with Crippen molar-refractivity contribution in [3.05, 3.63) is 16.0 Å². The van der Waals surface area contributed by atoms with E-state index in [1.54, 1.807) is 0 Å². The van der Waals surface area contributed by atoms with Gasteiger partial charge in [-0.2, -0.15) is 4.98 Å². The molecule has 0 atom stereocenters. The highest BCUT2D eigenvalue weighted by Gasteiger charge is 2.23. The van der Waals surface area contributed by atoms with E-state index >= 15 is 0 Å². The lowest BCUT2D eigenvalue weighted by Gasteiger charge is -2.11. The number of nitrogens with two attached hydrogens (primary N) is 1. The van der Waals surface area contributed by atoms with Crippen LogP contribution in [-0.2, 0) is 0 Å². The zero-order chi connectivity index (χ0) is 10.1. The highest BCUT2D eigenvalue weighted by molar-refractivity contribution is 6.34. The molecule has 0 saturated heterocycles. The highest BCUT2D eigenvalue weighted by atomic mass is 35.5. The van der Waals surface area contributed by atoms with Gasteiger partial charge in [0.05, 0.1) is 5.69 Å². The Morgan fingerprint density at radius 1 is 1.14 bits per heavy atom. The summed E-state index contributed by atoms with van der Waals surface area (Å²) in [4.78, 5) is 7.96. The number of aromatic nitrogens is 2. The van der Waals surface area contributed by atoms with Crippen LogP contribution in [-0.4, -0.2) is 9.97 Å². The zero-order valence-corrected chi connectivity index (χ0v) is 9.15. The van der Waals surface area contributed by atoms with Gasteiger partial charge in [0.15, 0.2) is 0 Å². The van der Waals surface area contributed by atoms with E-state index < -0.39 is 0 Å². The van der Waals surface area contributed by atoms with Crippen molar-refractivity contribution in [2.75, 3.05) is 5.73 Å². The Morgan fingerprint density at radius 2 is 1.79 bits per heavy atom. The molecule has 0 bridgehead atoms. The summed E-state index contributed by atoms with van der Waals surface area (Å²) in [6.07, 6.45) is 4.68. The molecule has 14 heavy (non-hydrogen) atoms. The smallest absolute Gasteiger partial charge is 0.224 e. The molecule has 2 rings (SSSR count). The molecule has 1 aliphatic carbocycles. The Hall–Kier alpha value is -0.540. The van der Waals surface area contributed by atoms with Crippen molar-refractivity contribution in [2.45, 2.75) is 31.6 Å². The van der Waals surface area contributed by atoms with Crippen LogP contribution in [0.2, 0.25) is 10.3 Å². The second kappa shape index (κ2) is 3.91. The standard InChI is InChI=1S/C9H11Cl2N3/c10-6-7(5-3-1-2-4-5)13-9(11)14-8(6)12/h5H,1-4H2,(H2,12,13,14). The molecule has 1 heterocycles. The van der Waals surface area contributed by atoms with Gasteiger partial charge < -0.3 is 5.73 Å². The Morgan fingerprint density at radius 3 is 2.43 bits per heavy atom. The first-order valence-electron chi connectivity index (χ1n) is 4.67. The van der Waals surface area contributed by atoms with E-state index in [0.29, 0.717) is 10.9 Å². The maximum absolute atomic E-state index is 6.04. The van der Waals surface area contributed by atoms with Gasteiger partial charge in [-0.15, -0.1) is 0 Å². The fourth-order valence-electron chi connectivity index (χ4n) is 1.92. The molecule has 0 unspecified atom stereocenters. The van der Waals surface area contributed by atoms with Gasteiger partial charge in [-0.05, 0) is 24.4 Å². The lowest BCUT2D eigenvalue weighted by molar-refractivity contribution is 0.695. The van der Waals surface area contributed by atoms with Crippen LogP contribution in [0, 0.1) is 0 Å². The van der Waals surface area contributed by atoms with Crippen molar-refractivity contribution in [1.82, 2.24) is 9.97 Å². The first-order valence-corrected chi connectivity index (χ1v) is 5.42. The summed E-state index contributed by atoms with van der Waals surface area (Å²) in [5.41, 5.74) is 6.44. The molecule has 76 valence electrons. The molecule has 0 amide bonds. The molecule has 1 fully saturated rings. The van der Waals surface area contributed by atoms with Gasteiger partial charge in [-0.3, -0.25) is 0 Å². The molecular weight excluding hydrogens is 221 g/mol. The van der Waals surface area contributed by atoms with E-state index in [2.05, 4.69) is 9.97 Å². The Balaban J connectivity index is 2.40. The molecule has 0 aliphatic heterocycles. The average molecular weight is 232 g/mol. The fourth-order valence-corrected chi connectivity index (χ4v) is 2.34. The molecule has 1 aliphatic rings. The molecule has 0 spiro atoms. The van der Waals surface area contributed by atoms with Gasteiger partial charge in [0.1, 0.15) is 10.8 Å². The van der Waals surface area contributed by atoms with E-state index in [4.69, 9.17) is 28.9 Å². The largest absolute Gasteiger partial charge is 0.382 e. The maximum atomic E-state index is 6.04. The van der Waals surface area contributed by atoms with Gasteiger partial charge in [0, 0.05) is 5.92 Å². The number of hydrogen-bond donors (Lipinski definition) is 1. The van der Waals surface area contributed by atoms with Crippen LogP contribution in [0.5, 0.6) is 0 Å². The summed E-state index contributed by atoms with van der Waals surface area (Å²) < 4.78 is 0. The van der Waals surface area contributed by atoms with Crippen LogP contribution >= 0.6 is 23.2 Å². The number of hydrogen-bond acceptors (Lipinski definition) is 3. The predicted molar refractivity (Wildman–Crippen MR) is 57.7 cm³/mol. The van der Waals surface area contributed by atoms with Gasteiger partial charge in [0.2, 0.25) is 5.28 Å². The van der Waals surface area contributed by atoms with Crippen LogP contribution in [0.3, 0.4) is 0 Å². The molecule has 5 heteroatoms. The van der Waals surface area contributed by atoms with Crippen molar-refractivity contribution in [3.8, 4) is 0 Å². The molecule has 1 saturated carbocycles. The Bertz CT molecular complexity index is 348. The van der Waals surface area contributed by atoms with E-state index in [-0.39, 0.29) is 11.1 Å². The minimum absolute atomic E-state index is 0.189. The van der Waals surface area contributed by atoms with E-state index in [1.165, 1.54) is 12.8 Å². The number of nitrogens with zero attached hydrogens (tertiary/aromatic N) is 2. The third-order valence-electron chi connectivity index (χ3n) is 2.62. The lowest BCUT2D eigenvalue weighted by atomic mass is 10.0. The van der Waals surface area contributed by atoms with Crippen molar-refractivity contribution < 1.29 is 0 Å². The summed E-state index contributed by atoms with van der Waals surface area (Å²) in [6.45, 7) is 0. The quantitative estimate of drug-likeness (QED) is 0.757. The van der Waals surface area contributed by atoms with Crippen LogP contribution in [0.25, 0.3) is 0 Å². The predicted octanol–water partition coefficient (Wildman–Crippen LogP) is 3.02. The van der Waals surface area contributed by atoms with Crippen molar-refractivity contribution in [2.24, 2.45) is 0 Å². The topological polar surface area (TPSA) is 51.8 Å². The summed E-state index contributed by atoms with van der Waals surface area (Å²) >= 11 is 11.8. The first-order chi connectivity index (χ1) is 6.68. The van der Waals surface area contributed by atoms with Crippen LogP contribution in [0.1, 0.15) is 37.3 Å². The maximum Gasteiger partial charge on any atom is 0.224 e. The lowest BCUT2D eigenvalue weighted by Crippen LogP contribution is -2.03. The van der Waals surface area contributed by atoms with Crippen LogP contribution in [0.4, 0.5) is 5.82 Å². The molecule has 3 nitrogen and oxygen atoms in total. The number of nitrogen functional groups attached to an aromatic ring is 1. The van der Waals surface area contributed by atoms with Crippen molar-refractivity contribution in [3.63, 3.8) is 0 Å². The average Bonchev–Trinajstić information content (AvgIpc) is 2.63. The van der Waals surface area contributed by atoms with Crippen molar-refractivity contribution in [1.29, 1.82) is 0 Å². The normalized spacial score (nSPS) is 17.6. The highest BCUT2D eigenvalue weighted by Crippen LogP contribution is 2.38. The molecule has 0 radical (unpaired) electrons. The van der Waals surface area contributed by atoms with Crippen molar-refractivity contribution >= 4 is 29.0 Å². The van der Waals surface area contributed by atoms with E-state index in [9.17, 15) is 0 Å². The van der Waals surface area contributed by atoms with Crippen LogP contribution in [0.15, 0.2) is 0 Å². The molecule has 1 aromatic rings. The molecular formula is C9H11Cl2N3. The summed E-state index contributed by atoms with van der Waals surface area (Å²) in [7, 11) is 0. The van der Waals surface area contributed by atoms with E-state index in [0.717, 1.165) is 18.5 Å². The second-order valence-corrected chi connectivity index (χ2v) is 4.27. The molecule has 0 aromatic carbocycles. The zero-order valence-electron chi connectivity index (χ0n) is 7.63. The monoisotopic (exact) mass is 231 g/mol. The SMILES string of the molecule is Nc1nc(Cl)nc(C2CCCC2)c1Cl. The summed E-state index contributed by atoms with van der Waals surface area (Å²) in [5.74, 6) is 0.693. The van der Waals surface area contributed by atoms with Gasteiger partial charge in [-0.25, -0.2) is 4.98 Å². The Kier molecular flexibility index (Phi) is 2.79. The first kappa shape index (κ1) is 9.99. The second-order valence-electron chi connectivity index (χ2n) is 3.56. The molecule has 2 N–H and O–H groups in total. The number of anilines is 1. The third kappa shape index (κ3) is 1.79. The number of rotatable bonds is 1. The van der Waals surface area contributed by atoms with Gasteiger partial charge in [0.25, 0.3) is 0 Å². The summed E-state index contributed by atoms with van der Waals surface area (Å²) in [5, 5.41) is 0.662. The van der Waals surface area contributed by atoms with Gasteiger partial charge >= 0.3 is 0 Å². The summed E-state index contributed by atoms with van der Waals surface area (Å²) in [6, 6.07) is 0. The minimum atomic E-state index is 0.189. The molecule has 1 aromatic heterocycles. The Labute approximate surface area is 92.6 Å².